The van der Waals surface area contributed by atoms with E-state index in [4.69, 9.17) is 5.73 Å². The minimum atomic E-state index is 0.485. The lowest BCUT2D eigenvalue weighted by molar-refractivity contribution is 0.0706. The zero-order valence-electron chi connectivity index (χ0n) is 8.00. The average Bonchev–Trinajstić information content (AvgIpc) is 2.06. The van der Waals surface area contributed by atoms with Crippen LogP contribution in [0.5, 0.6) is 0 Å². The molecule has 0 bridgehead atoms. The molecule has 1 saturated heterocycles. The van der Waals surface area contributed by atoms with Crippen LogP contribution in [0, 0.1) is 5.92 Å². The number of hydrogen-bond acceptors (Lipinski definition) is 2. The Hall–Kier alpha value is -0.0800. The van der Waals surface area contributed by atoms with E-state index >= 15 is 0 Å². The predicted molar refractivity (Wildman–Crippen MR) is 51.0 cm³/mol. The predicted octanol–water partition coefficient (Wildman–Crippen LogP) is 1.21. The summed E-state index contributed by atoms with van der Waals surface area (Å²) in [5.41, 5.74) is 5.95. The highest BCUT2D eigenvalue weighted by molar-refractivity contribution is 4.93. The third-order valence-corrected chi connectivity index (χ3v) is 3.58. The van der Waals surface area contributed by atoms with Gasteiger partial charge in [-0.15, -0.1) is 0 Å². The van der Waals surface area contributed by atoms with E-state index in [1.807, 2.05) is 0 Å². The van der Waals surface area contributed by atoms with Crippen LogP contribution in [0.2, 0.25) is 0 Å². The van der Waals surface area contributed by atoms with Crippen LogP contribution in [0.15, 0.2) is 0 Å². The summed E-state index contributed by atoms with van der Waals surface area (Å²) in [4.78, 5) is 2.61. The largest absolute Gasteiger partial charge is 0.326 e. The highest BCUT2D eigenvalue weighted by Crippen LogP contribution is 2.27. The lowest BCUT2D eigenvalue weighted by Crippen LogP contribution is -2.56. The van der Waals surface area contributed by atoms with Crippen molar-refractivity contribution in [2.24, 2.45) is 11.7 Å². The van der Waals surface area contributed by atoms with Crippen LogP contribution in [0.25, 0.3) is 0 Å². The number of hydrogen-bond donors (Lipinski definition) is 1. The Labute approximate surface area is 75.1 Å². The lowest BCUT2D eigenvalue weighted by Gasteiger charge is -2.45. The molecular formula is C10H20N2. The van der Waals surface area contributed by atoms with Crippen molar-refractivity contribution in [3.63, 3.8) is 0 Å². The van der Waals surface area contributed by atoms with Gasteiger partial charge < -0.3 is 5.73 Å². The van der Waals surface area contributed by atoms with Gasteiger partial charge in [0.1, 0.15) is 0 Å². The summed E-state index contributed by atoms with van der Waals surface area (Å²) in [6.07, 6.45) is 5.35. The summed E-state index contributed by atoms with van der Waals surface area (Å²) in [5, 5.41) is 0. The first kappa shape index (κ1) is 8.52. The molecule has 2 rings (SSSR count). The zero-order chi connectivity index (χ0) is 8.55. The minimum Gasteiger partial charge on any atom is -0.326 e. The van der Waals surface area contributed by atoms with E-state index in [-0.39, 0.29) is 0 Å². The van der Waals surface area contributed by atoms with Gasteiger partial charge in [0.05, 0.1) is 0 Å². The van der Waals surface area contributed by atoms with Gasteiger partial charge in [-0.1, -0.05) is 6.92 Å². The van der Waals surface area contributed by atoms with Crippen molar-refractivity contribution < 1.29 is 0 Å². The molecule has 0 aromatic rings. The van der Waals surface area contributed by atoms with Crippen LogP contribution in [0.1, 0.15) is 32.6 Å². The molecule has 2 N–H and O–H groups in total. The molecule has 2 heteroatoms. The van der Waals surface area contributed by atoms with Gasteiger partial charge >= 0.3 is 0 Å². The van der Waals surface area contributed by atoms with Crippen LogP contribution in [-0.2, 0) is 0 Å². The molecule has 0 spiro atoms. The molecule has 1 saturated carbocycles. The molecule has 12 heavy (non-hydrogen) atoms. The molecular weight excluding hydrogens is 148 g/mol. The van der Waals surface area contributed by atoms with Gasteiger partial charge in [-0.2, -0.15) is 0 Å². The van der Waals surface area contributed by atoms with E-state index in [0.29, 0.717) is 6.04 Å². The summed E-state index contributed by atoms with van der Waals surface area (Å²) >= 11 is 0. The molecule has 1 aliphatic carbocycles. The number of rotatable bonds is 1. The van der Waals surface area contributed by atoms with E-state index < -0.39 is 0 Å². The Kier molecular flexibility index (Phi) is 2.37. The molecule has 0 radical (unpaired) electrons. The Morgan fingerprint density at radius 3 is 2.17 bits per heavy atom. The molecule has 70 valence electrons. The van der Waals surface area contributed by atoms with Gasteiger partial charge in [-0.05, 0) is 44.7 Å². The topological polar surface area (TPSA) is 29.3 Å². The van der Waals surface area contributed by atoms with Crippen molar-refractivity contribution in [1.82, 2.24) is 4.90 Å². The van der Waals surface area contributed by atoms with Crippen LogP contribution >= 0.6 is 0 Å². The van der Waals surface area contributed by atoms with E-state index in [9.17, 15) is 0 Å². The van der Waals surface area contributed by atoms with Crippen molar-refractivity contribution in [2.75, 3.05) is 13.1 Å². The standard InChI is InChI=1S/C10H20N2/c1-8-4-6-12(7-5-8)10-3-2-9(10)11/h8-10H,2-7,11H2,1H3/t9-,10?/m0/s1. The Bertz CT molecular complexity index is 150. The molecule has 2 atom stereocenters. The van der Waals surface area contributed by atoms with Crippen molar-refractivity contribution in [3.8, 4) is 0 Å². The summed E-state index contributed by atoms with van der Waals surface area (Å²) in [6.45, 7) is 4.94. The van der Waals surface area contributed by atoms with Gasteiger partial charge in [0, 0.05) is 12.1 Å². The summed E-state index contributed by atoms with van der Waals surface area (Å²) in [5.74, 6) is 0.942. The van der Waals surface area contributed by atoms with Gasteiger partial charge in [-0.3, -0.25) is 4.90 Å². The second-order valence-electron chi connectivity index (χ2n) is 4.53. The van der Waals surface area contributed by atoms with Gasteiger partial charge in [-0.25, -0.2) is 0 Å². The Balaban J connectivity index is 1.81. The third kappa shape index (κ3) is 1.50. The van der Waals surface area contributed by atoms with Crippen molar-refractivity contribution in [1.29, 1.82) is 0 Å². The number of nitrogens with two attached hydrogens (primary N) is 1. The molecule has 2 aliphatic rings. The maximum Gasteiger partial charge on any atom is 0.0247 e. The molecule has 1 unspecified atom stereocenters. The van der Waals surface area contributed by atoms with Crippen LogP contribution in [-0.4, -0.2) is 30.1 Å². The molecule has 2 nitrogen and oxygen atoms in total. The van der Waals surface area contributed by atoms with E-state index in [0.717, 1.165) is 12.0 Å². The van der Waals surface area contributed by atoms with Crippen molar-refractivity contribution >= 4 is 0 Å². The van der Waals surface area contributed by atoms with Crippen LogP contribution in [0.4, 0.5) is 0 Å². The molecule has 1 heterocycles. The molecule has 1 aliphatic heterocycles. The number of likely N-dealkylation sites (tertiary alicyclic amines) is 1. The number of piperidine rings is 1. The maximum atomic E-state index is 5.95. The molecule has 2 fully saturated rings. The zero-order valence-corrected chi connectivity index (χ0v) is 8.00. The first-order valence-electron chi connectivity index (χ1n) is 5.27. The normalized spacial score (nSPS) is 39.5. The van der Waals surface area contributed by atoms with Gasteiger partial charge in [0.25, 0.3) is 0 Å². The first-order valence-corrected chi connectivity index (χ1v) is 5.27. The second kappa shape index (κ2) is 3.35. The molecule has 0 aromatic carbocycles. The maximum absolute atomic E-state index is 5.95. The Morgan fingerprint density at radius 2 is 1.75 bits per heavy atom. The van der Waals surface area contributed by atoms with Crippen LogP contribution in [0.3, 0.4) is 0 Å². The van der Waals surface area contributed by atoms with Gasteiger partial charge in [0.2, 0.25) is 0 Å². The van der Waals surface area contributed by atoms with Crippen LogP contribution < -0.4 is 5.73 Å². The third-order valence-electron chi connectivity index (χ3n) is 3.58. The first-order chi connectivity index (χ1) is 5.77. The summed E-state index contributed by atoms with van der Waals surface area (Å²) in [7, 11) is 0. The fraction of sp³-hybridized carbons (Fsp3) is 1.00. The summed E-state index contributed by atoms with van der Waals surface area (Å²) in [6, 6.07) is 1.22. The fourth-order valence-electron chi connectivity index (χ4n) is 2.32. The second-order valence-corrected chi connectivity index (χ2v) is 4.53. The lowest BCUT2D eigenvalue weighted by atomic mass is 9.84. The van der Waals surface area contributed by atoms with E-state index in [2.05, 4.69) is 11.8 Å². The smallest absolute Gasteiger partial charge is 0.0247 e. The average molecular weight is 168 g/mol. The van der Waals surface area contributed by atoms with Gasteiger partial charge in [0.15, 0.2) is 0 Å². The monoisotopic (exact) mass is 168 g/mol. The highest BCUT2D eigenvalue weighted by Gasteiger charge is 2.33. The minimum absolute atomic E-state index is 0.485. The fourth-order valence-corrected chi connectivity index (χ4v) is 2.32. The molecule has 0 aromatic heterocycles. The molecule has 0 amide bonds. The van der Waals surface area contributed by atoms with Crippen molar-refractivity contribution in [2.45, 2.75) is 44.7 Å². The highest BCUT2D eigenvalue weighted by atomic mass is 15.2. The quantitative estimate of drug-likeness (QED) is 0.637. The number of nitrogens with zero attached hydrogens (tertiary/aromatic N) is 1. The van der Waals surface area contributed by atoms with Crippen molar-refractivity contribution in [3.05, 3.63) is 0 Å². The Morgan fingerprint density at radius 1 is 1.08 bits per heavy atom. The van der Waals surface area contributed by atoms with E-state index in [1.54, 1.807) is 0 Å². The SMILES string of the molecule is CC1CCN(C2CC[C@@H]2N)CC1. The van der Waals surface area contributed by atoms with E-state index in [1.165, 1.54) is 38.8 Å². The summed E-state index contributed by atoms with van der Waals surface area (Å²) < 4.78 is 0.